The fourth-order valence-corrected chi connectivity index (χ4v) is 5.01. The predicted octanol–water partition coefficient (Wildman–Crippen LogP) is 0.980. The van der Waals surface area contributed by atoms with Crippen molar-refractivity contribution in [3.05, 3.63) is 18.3 Å². The lowest BCUT2D eigenvalue weighted by Crippen LogP contribution is -2.56. The first-order valence-corrected chi connectivity index (χ1v) is 8.86. The summed E-state index contributed by atoms with van der Waals surface area (Å²) in [6, 6.07) is 3.56. The number of piperazine rings is 1. The first-order chi connectivity index (χ1) is 10.0. The molecule has 3 rings (SSSR count). The molecule has 0 amide bonds. The van der Waals surface area contributed by atoms with Crippen LogP contribution in [0.3, 0.4) is 0 Å². The van der Waals surface area contributed by atoms with Crippen LogP contribution in [0.1, 0.15) is 19.8 Å². The van der Waals surface area contributed by atoms with Crippen LogP contribution < -0.4 is 5.32 Å². The molecular formula is C14H22N4O2S. The minimum absolute atomic E-state index is 0.00977. The molecule has 1 aromatic rings. The number of sulfonamides is 1. The van der Waals surface area contributed by atoms with Gasteiger partial charge in [-0.25, -0.2) is 13.4 Å². The van der Waals surface area contributed by atoms with Gasteiger partial charge >= 0.3 is 0 Å². The molecule has 0 aliphatic carbocycles. The highest BCUT2D eigenvalue weighted by Crippen LogP contribution is 2.29. The lowest BCUT2D eigenvalue weighted by molar-refractivity contribution is 0.117. The average Bonchev–Trinajstić information content (AvgIpc) is 2.93. The molecule has 0 spiro atoms. The molecule has 2 aliphatic heterocycles. The molecule has 2 fully saturated rings. The third kappa shape index (κ3) is 2.65. The van der Waals surface area contributed by atoms with Crippen LogP contribution in [0.4, 0.5) is 5.82 Å². The van der Waals surface area contributed by atoms with Gasteiger partial charge in [-0.15, -0.1) is 0 Å². The summed E-state index contributed by atoms with van der Waals surface area (Å²) in [5, 5.41) is 2.89. The van der Waals surface area contributed by atoms with Gasteiger partial charge in [0.15, 0.2) is 0 Å². The molecule has 1 aromatic heterocycles. The van der Waals surface area contributed by atoms with Crippen molar-refractivity contribution in [2.45, 2.75) is 36.7 Å². The Morgan fingerprint density at radius 2 is 2.19 bits per heavy atom. The second kappa shape index (κ2) is 5.55. The molecule has 21 heavy (non-hydrogen) atoms. The van der Waals surface area contributed by atoms with Crippen molar-refractivity contribution in [3.63, 3.8) is 0 Å². The Kier molecular flexibility index (Phi) is 3.90. The number of hydrogen-bond acceptors (Lipinski definition) is 5. The minimum Gasteiger partial charge on any atom is -0.373 e. The monoisotopic (exact) mass is 310 g/mol. The zero-order chi connectivity index (χ0) is 15.0. The fourth-order valence-electron chi connectivity index (χ4n) is 3.34. The summed E-state index contributed by atoms with van der Waals surface area (Å²) >= 11 is 0. The van der Waals surface area contributed by atoms with Crippen LogP contribution in [0.15, 0.2) is 23.2 Å². The molecule has 0 bridgehead atoms. The third-order valence-electron chi connectivity index (χ3n) is 4.47. The summed E-state index contributed by atoms with van der Waals surface area (Å²) in [6.45, 7) is 4.52. The topological polar surface area (TPSA) is 65.5 Å². The Hall–Kier alpha value is -1.18. The molecule has 1 N–H and O–H groups in total. The van der Waals surface area contributed by atoms with Crippen LogP contribution in [-0.2, 0) is 10.0 Å². The lowest BCUT2D eigenvalue weighted by Gasteiger charge is -2.41. The second-order valence-corrected chi connectivity index (χ2v) is 7.73. The van der Waals surface area contributed by atoms with E-state index in [2.05, 4.69) is 15.2 Å². The standard InChI is InChI=1S/C14H22N4O2S/c1-11-9-17-7-3-4-12(17)10-18(11)21(19,20)13-5-6-16-14(8-13)15-2/h5-6,8,11-12H,3-4,7,9-10H2,1-2H3,(H,15,16). The molecule has 116 valence electrons. The molecule has 2 atom stereocenters. The van der Waals surface area contributed by atoms with Gasteiger partial charge in [0, 0.05) is 44.5 Å². The minimum atomic E-state index is -3.46. The molecular weight excluding hydrogens is 288 g/mol. The molecule has 7 heteroatoms. The van der Waals surface area contributed by atoms with Crippen LogP contribution in [0.25, 0.3) is 0 Å². The Balaban J connectivity index is 1.89. The van der Waals surface area contributed by atoms with E-state index in [1.54, 1.807) is 23.5 Å². The van der Waals surface area contributed by atoms with E-state index in [-0.39, 0.29) is 6.04 Å². The smallest absolute Gasteiger partial charge is 0.243 e. The Morgan fingerprint density at radius 3 is 2.95 bits per heavy atom. The summed E-state index contributed by atoms with van der Waals surface area (Å²) in [7, 11) is -1.72. The Morgan fingerprint density at radius 1 is 1.38 bits per heavy atom. The lowest BCUT2D eigenvalue weighted by atomic mass is 10.1. The number of anilines is 1. The van der Waals surface area contributed by atoms with Gasteiger partial charge in [-0.1, -0.05) is 0 Å². The van der Waals surface area contributed by atoms with E-state index in [0.717, 1.165) is 19.5 Å². The second-order valence-electron chi connectivity index (χ2n) is 5.84. The summed E-state index contributed by atoms with van der Waals surface area (Å²) in [5.41, 5.74) is 0. The van der Waals surface area contributed by atoms with E-state index in [4.69, 9.17) is 0 Å². The van der Waals surface area contributed by atoms with Gasteiger partial charge < -0.3 is 5.32 Å². The molecule has 2 saturated heterocycles. The molecule has 0 aromatic carbocycles. The number of fused-ring (bicyclic) bond motifs is 1. The average molecular weight is 310 g/mol. The van der Waals surface area contributed by atoms with Gasteiger partial charge in [-0.3, -0.25) is 4.90 Å². The van der Waals surface area contributed by atoms with Crippen molar-refractivity contribution in [2.24, 2.45) is 0 Å². The first-order valence-electron chi connectivity index (χ1n) is 7.42. The van der Waals surface area contributed by atoms with E-state index in [9.17, 15) is 8.42 Å². The molecule has 2 unspecified atom stereocenters. The van der Waals surface area contributed by atoms with Gasteiger partial charge in [-0.2, -0.15) is 4.31 Å². The van der Waals surface area contributed by atoms with E-state index in [1.807, 2.05) is 6.92 Å². The summed E-state index contributed by atoms with van der Waals surface area (Å²) in [5.74, 6) is 0.572. The number of nitrogens with one attached hydrogen (secondary N) is 1. The summed E-state index contributed by atoms with van der Waals surface area (Å²) in [6.07, 6.45) is 3.80. The number of rotatable bonds is 3. The molecule has 6 nitrogen and oxygen atoms in total. The Labute approximate surface area is 126 Å². The van der Waals surface area contributed by atoms with Crippen molar-refractivity contribution >= 4 is 15.8 Å². The fraction of sp³-hybridized carbons (Fsp3) is 0.643. The zero-order valence-corrected chi connectivity index (χ0v) is 13.3. The maximum Gasteiger partial charge on any atom is 0.243 e. The van der Waals surface area contributed by atoms with E-state index < -0.39 is 10.0 Å². The van der Waals surface area contributed by atoms with Gasteiger partial charge in [0.25, 0.3) is 0 Å². The van der Waals surface area contributed by atoms with Crippen LogP contribution >= 0.6 is 0 Å². The maximum atomic E-state index is 12.9. The summed E-state index contributed by atoms with van der Waals surface area (Å²) < 4.78 is 27.5. The van der Waals surface area contributed by atoms with E-state index in [0.29, 0.717) is 23.3 Å². The number of aromatic nitrogens is 1. The highest BCUT2D eigenvalue weighted by atomic mass is 32.2. The van der Waals surface area contributed by atoms with E-state index in [1.165, 1.54) is 12.6 Å². The maximum absolute atomic E-state index is 12.9. The van der Waals surface area contributed by atoms with Crippen LogP contribution in [-0.4, -0.2) is 61.4 Å². The van der Waals surface area contributed by atoms with Crippen molar-refractivity contribution in [1.82, 2.24) is 14.2 Å². The van der Waals surface area contributed by atoms with Gasteiger partial charge in [0.2, 0.25) is 10.0 Å². The highest BCUT2D eigenvalue weighted by molar-refractivity contribution is 7.89. The van der Waals surface area contributed by atoms with Crippen LogP contribution in [0.2, 0.25) is 0 Å². The molecule has 0 radical (unpaired) electrons. The largest absolute Gasteiger partial charge is 0.373 e. The normalized spacial score (nSPS) is 27.5. The third-order valence-corrected chi connectivity index (χ3v) is 6.45. The zero-order valence-electron chi connectivity index (χ0n) is 12.5. The van der Waals surface area contributed by atoms with Crippen molar-refractivity contribution in [2.75, 3.05) is 32.0 Å². The first kappa shape index (κ1) is 14.7. The van der Waals surface area contributed by atoms with Crippen LogP contribution in [0, 0.1) is 0 Å². The quantitative estimate of drug-likeness (QED) is 0.901. The van der Waals surface area contributed by atoms with Crippen molar-refractivity contribution in [1.29, 1.82) is 0 Å². The molecule has 3 heterocycles. The molecule has 2 aliphatic rings. The highest BCUT2D eigenvalue weighted by Gasteiger charge is 2.40. The Bertz CT molecular complexity index is 619. The predicted molar refractivity (Wildman–Crippen MR) is 81.7 cm³/mol. The van der Waals surface area contributed by atoms with Crippen molar-refractivity contribution in [3.8, 4) is 0 Å². The molecule has 0 saturated carbocycles. The van der Waals surface area contributed by atoms with Crippen LogP contribution in [0.5, 0.6) is 0 Å². The van der Waals surface area contributed by atoms with E-state index >= 15 is 0 Å². The van der Waals surface area contributed by atoms with Gasteiger partial charge in [0.1, 0.15) is 5.82 Å². The van der Waals surface area contributed by atoms with Gasteiger partial charge in [0.05, 0.1) is 4.90 Å². The number of nitrogens with zero attached hydrogens (tertiary/aromatic N) is 3. The van der Waals surface area contributed by atoms with Crippen molar-refractivity contribution < 1.29 is 8.42 Å². The number of hydrogen-bond donors (Lipinski definition) is 1. The SMILES string of the molecule is CNc1cc(S(=O)(=O)N2CC3CCCN3CC2C)ccn1. The van der Waals surface area contributed by atoms with Gasteiger partial charge in [-0.05, 0) is 32.4 Å². The summed E-state index contributed by atoms with van der Waals surface area (Å²) in [4.78, 5) is 6.82. The number of pyridine rings is 1.